The van der Waals surface area contributed by atoms with Gasteiger partial charge in [0, 0.05) is 22.7 Å². The Bertz CT molecular complexity index is 605. The summed E-state index contributed by atoms with van der Waals surface area (Å²) in [5.41, 5.74) is 0.883. The van der Waals surface area contributed by atoms with Gasteiger partial charge in [0.05, 0.1) is 15.0 Å². The molecule has 0 unspecified atom stereocenters. The van der Waals surface area contributed by atoms with Gasteiger partial charge in [-0.1, -0.05) is 34.8 Å². The highest BCUT2D eigenvalue weighted by molar-refractivity contribution is 6.41. The molecule has 0 aliphatic carbocycles. The Morgan fingerprint density at radius 3 is 2.28 bits per heavy atom. The SMILES string of the molecule is O=[N+]([O-])c1cc[c]c(-c2c(Cl)cc(Cl)cc2Cl)c1. The molecule has 2 rings (SSSR count). The van der Waals surface area contributed by atoms with E-state index in [1.54, 1.807) is 0 Å². The first-order valence-corrected chi connectivity index (χ1v) is 5.93. The third-order valence-corrected chi connectivity index (χ3v) is 3.09. The first-order chi connectivity index (χ1) is 8.49. The molecular formula is C12H5Cl3NO2. The van der Waals surface area contributed by atoms with Crippen molar-refractivity contribution in [3.8, 4) is 11.1 Å². The average molecular weight is 302 g/mol. The van der Waals surface area contributed by atoms with Crippen LogP contribution < -0.4 is 0 Å². The topological polar surface area (TPSA) is 43.1 Å². The molecule has 3 nitrogen and oxygen atoms in total. The summed E-state index contributed by atoms with van der Waals surface area (Å²) in [6.45, 7) is 0. The molecule has 0 aromatic heterocycles. The van der Waals surface area contributed by atoms with Crippen LogP contribution in [0.25, 0.3) is 11.1 Å². The minimum atomic E-state index is -0.491. The van der Waals surface area contributed by atoms with Crippen LogP contribution in [0.2, 0.25) is 15.1 Å². The second kappa shape index (κ2) is 5.14. The lowest BCUT2D eigenvalue weighted by Gasteiger charge is -2.07. The van der Waals surface area contributed by atoms with Crippen LogP contribution in [0.3, 0.4) is 0 Å². The van der Waals surface area contributed by atoms with E-state index in [9.17, 15) is 10.1 Å². The van der Waals surface area contributed by atoms with Crippen molar-refractivity contribution in [1.82, 2.24) is 0 Å². The van der Waals surface area contributed by atoms with Crippen molar-refractivity contribution >= 4 is 40.5 Å². The van der Waals surface area contributed by atoms with Crippen LogP contribution in [0.15, 0.2) is 30.3 Å². The van der Waals surface area contributed by atoms with E-state index >= 15 is 0 Å². The Hall–Kier alpha value is -1.29. The van der Waals surface area contributed by atoms with Crippen molar-refractivity contribution in [2.45, 2.75) is 0 Å². The monoisotopic (exact) mass is 300 g/mol. The zero-order chi connectivity index (χ0) is 13.3. The predicted molar refractivity (Wildman–Crippen MR) is 72.4 cm³/mol. The molecule has 0 saturated carbocycles. The maximum absolute atomic E-state index is 10.7. The fourth-order valence-electron chi connectivity index (χ4n) is 1.51. The molecule has 0 spiro atoms. The molecule has 6 heteroatoms. The molecule has 0 fully saturated rings. The van der Waals surface area contributed by atoms with Crippen LogP contribution in [0.4, 0.5) is 5.69 Å². The molecule has 0 bridgehead atoms. The number of rotatable bonds is 2. The largest absolute Gasteiger partial charge is 0.270 e. The first kappa shape index (κ1) is 13.1. The van der Waals surface area contributed by atoms with Gasteiger partial charge in [-0.3, -0.25) is 10.1 Å². The zero-order valence-electron chi connectivity index (χ0n) is 8.78. The first-order valence-electron chi connectivity index (χ1n) is 4.80. The van der Waals surface area contributed by atoms with Gasteiger partial charge in [-0.2, -0.15) is 0 Å². The molecule has 18 heavy (non-hydrogen) atoms. The number of hydrogen-bond donors (Lipinski definition) is 0. The lowest BCUT2D eigenvalue weighted by atomic mass is 10.1. The lowest BCUT2D eigenvalue weighted by Crippen LogP contribution is -1.89. The number of nitrogens with zero attached hydrogens (tertiary/aromatic N) is 1. The van der Waals surface area contributed by atoms with Crippen molar-refractivity contribution in [2.24, 2.45) is 0 Å². The van der Waals surface area contributed by atoms with Crippen molar-refractivity contribution < 1.29 is 4.92 Å². The second-order valence-electron chi connectivity index (χ2n) is 3.46. The highest BCUT2D eigenvalue weighted by atomic mass is 35.5. The Morgan fingerprint density at radius 2 is 1.72 bits per heavy atom. The van der Waals surface area contributed by atoms with Gasteiger partial charge in [0.15, 0.2) is 0 Å². The van der Waals surface area contributed by atoms with Crippen molar-refractivity contribution in [3.05, 3.63) is 61.6 Å². The standard InChI is InChI=1S/C12H5Cl3NO2/c13-8-5-10(14)12(11(15)6-8)7-2-1-3-9(4-7)16(17)18/h1,3-6H. The molecule has 2 aromatic carbocycles. The van der Waals surface area contributed by atoms with Crippen LogP contribution >= 0.6 is 34.8 Å². The summed E-state index contributed by atoms with van der Waals surface area (Å²) in [5.74, 6) is 0. The fourth-order valence-corrected chi connectivity index (χ4v) is 2.53. The van der Waals surface area contributed by atoms with Crippen molar-refractivity contribution in [1.29, 1.82) is 0 Å². The van der Waals surface area contributed by atoms with E-state index < -0.39 is 4.92 Å². The number of hydrogen-bond acceptors (Lipinski definition) is 2. The number of halogens is 3. The van der Waals surface area contributed by atoms with Crippen LogP contribution in [-0.2, 0) is 0 Å². The van der Waals surface area contributed by atoms with Crippen LogP contribution in [-0.4, -0.2) is 4.92 Å². The van der Waals surface area contributed by atoms with Gasteiger partial charge in [0.2, 0.25) is 0 Å². The Morgan fingerprint density at radius 1 is 1.11 bits per heavy atom. The van der Waals surface area contributed by atoms with Crippen molar-refractivity contribution in [3.63, 3.8) is 0 Å². The summed E-state index contributed by atoms with van der Waals surface area (Å²) < 4.78 is 0. The van der Waals surface area contributed by atoms with Gasteiger partial charge < -0.3 is 0 Å². The van der Waals surface area contributed by atoms with Gasteiger partial charge >= 0.3 is 0 Å². The third-order valence-electron chi connectivity index (χ3n) is 2.27. The normalized spacial score (nSPS) is 10.4. The van der Waals surface area contributed by atoms with E-state index in [1.807, 2.05) is 0 Å². The molecule has 0 N–H and O–H groups in total. The quantitative estimate of drug-likeness (QED) is 0.577. The van der Waals surface area contributed by atoms with Gasteiger partial charge in [-0.25, -0.2) is 0 Å². The summed E-state index contributed by atoms with van der Waals surface area (Å²) in [7, 11) is 0. The molecule has 0 atom stereocenters. The maximum Gasteiger partial charge on any atom is 0.270 e. The predicted octanol–water partition coefficient (Wildman–Crippen LogP) is 5.02. The highest BCUT2D eigenvalue weighted by Crippen LogP contribution is 2.37. The molecule has 91 valence electrons. The molecule has 2 aromatic rings. The summed E-state index contributed by atoms with van der Waals surface area (Å²) >= 11 is 17.9. The molecule has 0 heterocycles. The van der Waals surface area contributed by atoms with E-state index in [2.05, 4.69) is 6.07 Å². The minimum absolute atomic E-state index is 0.0502. The molecular weight excluding hydrogens is 296 g/mol. The van der Waals surface area contributed by atoms with E-state index in [1.165, 1.54) is 30.3 Å². The molecule has 0 saturated heterocycles. The Kier molecular flexibility index (Phi) is 3.76. The minimum Gasteiger partial charge on any atom is -0.258 e. The van der Waals surface area contributed by atoms with Crippen LogP contribution in [0.5, 0.6) is 0 Å². The number of nitro benzene ring substituents is 1. The molecule has 0 amide bonds. The van der Waals surface area contributed by atoms with Gasteiger partial charge in [0.25, 0.3) is 5.69 Å². The number of non-ortho nitro benzene ring substituents is 1. The smallest absolute Gasteiger partial charge is 0.258 e. The lowest BCUT2D eigenvalue weighted by molar-refractivity contribution is -0.384. The van der Waals surface area contributed by atoms with Gasteiger partial charge in [0.1, 0.15) is 0 Å². The molecule has 1 radical (unpaired) electrons. The van der Waals surface area contributed by atoms with Crippen LogP contribution in [0, 0.1) is 16.2 Å². The van der Waals surface area contributed by atoms with Gasteiger partial charge in [-0.05, 0) is 29.8 Å². The van der Waals surface area contributed by atoms with Crippen molar-refractivity contribution in [2.75, 3.05) is 0 Å². The fraction of sp³-hybridized carbons (Fsp3) is 0. The molecule has 0 aliphatic rings. The van der Waals surface area contributed by atoms with E-state index in [-0.39, 0.29) is 5.69 Å². The highest BCUT2D eigenvalue weighted by Gasteiger charge is 2.13. The molecule has 0 aliphatic heterocycles. The van der Waals surface area contributed by atoms with E-state index in [0.29, 0.717) is 26.2 Å². The summed E-state index contributed by atoms with van der Waals surface area (Å²) in [6.07, 6.45) is 0. The Labute approximate surface area is 118 Å². The number of nitro groups is 1. The second-order valence-corrected chi connectivity index (χ2v) is 4.71. The third kappa shape index (κ3) is 2.58. The summed E-state index contributed by atoms with van der Waals surface area (Å²) in [4.78, 5) is 10.2. The Balaban J connectivity index is 2.62. The maximum atomic E-state index is 10.7. The van der Waals surface area contributed by atoms with Crippen LogP contribution in [0.1, 0.15) is 0 Å². The zero-order valence-corrected chi connectivity index (χ0v) is 11.1. The summed E-state index contributed by atoms with van der Waals surface area (Å²) in [6, 6.07) is 10.1. The van der Waals surface area contributed by atoms with Gasteiger partial charge in [-0.15, -0.1) is 0 Å². The number of benzene rings is 2. The average Bonchev–Trinajstić information content (AvgIpc) is 2.28. The van der Waals surface area contributed by atoms with E-state index in [4.69, 9.17) is 34.8 Å². The van der Waals surface area contributed by atoms with E-state index in [0.717, 1.165) is 0 Å². The summed E-state index contributed by atoms with van der Waals surface area (Å²) in [5, 5.41) is 11.8.